The van der Waals surface area contributed by atoms with Crippen LogP contribution in [0.5, 0.6) is 0 Å². The quantitative estimate of drug-likeness (QED) is 0.634. The lowest BCUT2D eigenvalue weighted by molar-refractivity contribution is 0.111. The topological polar surface area (TPSA) is 80.9 Å². The van der Waals surface area contributed by atoms with Crippen LogP contribution in [0.2, 0.25) is 0 Å². The van der Waals surface area contributed by atoms with Crippen molar-refractivity contribution >= 4 is 11.8 Å². The minimum Gasteiger partial charge on any atom is -0.508 e. The maximum absolute atomic E-state index is 10.2. The van der Waals surface area contributed by atoms with Gasteiger partial charge in [0.2, 0.25) is 0 Å². The van der Waals surface area contributed by atoms with E-state index in [9.17, 15) is 20.4 Å². The summed E-state index contributed by atoms with van der Waals surface area (Å²) in [7, 11) is 0. The van der Waals surface area contributed by atoms with E-state index in [4.69, 9.17) is 0 Å². The first-order chi connectivity index (χ1) is 8.91. The molecule has 0 spiro atoms. The van der Waals surface area contributed by atoms with Crippen LogP contribution in [0.15, 0.2) is 48.0 Å². The first-order valence-corrected chi connectivity index (χ1v) is 7.26. The summed E-state index contributed by atoms with van der Waals surface area (Å²) in [5.74, 6) is 1.23. The molecule has 0 saturated heterocycles. The summed E-state index contributed by atoms with van der Waals surface area (Å²) in [4.78, 5) is 0. The zero-order valence-electron chi connectivity index (χ0n) is 10.5. The van der Waals surface area contributed by atoms with E-state index in [2.05, 4.69) is 0 Å². The lowest BCUT2D eigenvalue weighted by Crippen LogP contribution is -2.34. The number of aliphatic hydroxyl groups excluding tert-OH is 2. The second-order valence-corrected chi connectivity index (χ2v) is 6.02. The van der Waals surface area contributed by atoms with Crippen LogP contribution in [0.4, 0.5) is 0 Å². The number of allylic oxidation sites excluding steroid dienone is 2. The average molecular weight is 282 g/mol. The Kier molecular flexibility index (Phi) is 4.08. The Balaban J connectivity index is 1.82. The molecule has 0 radical (unpaired) electrons. The van der Waals surface area contributed by atoms with Gasteiger partial charge in [0, 0.05) is 24.3 Å². The van der Waals surface area contributed by atoms with Gasteiger partial charge in [-0.25, -0.2) is 0 Å². The van der Waals surface area contributed by atoms with Gasteiger partial charge in [-0.3, -0.25) is 0 Å². The standard InChI is InChI=1S/C14H18O4S/c15-11-1-5-13(17,6-2-11)9-19-10-14(18)7-3-12(16)4-8-14/h1-5,7,15-18H,6,8-10H2. The van der Waals surface area contributed by atoms with Crippen molar-refractivity contribution in [2.75, 3.05) is 11.5 Å². The van der Waals surface area contributed by atoms with Crippen LogP contribution in [-0.4, -0.2) is 43.1 Å². The fraction of sp³-hybridized carbons (Fsp3) is 0.429. The van der Waals surface area contributed by atoms with Gasteiger partial charge in [0.25, 0.3) is 0 Å². The summed E-state index contributed by atoms with van der Waals surface area (Å²) in [6, 6.07) is 0. The molecule has 0 saturated carbocycles. The molecule has 0 heterocycles. The van der Waals surface area contributed by atoms with Crippen molar-refractivity contribution in [3.8, 4) is 0 Å². The molecule has 0 bridgehead atoms. The average Bonchev–Trinajstić information content (AvgIpc) is 2.38. The molecule has 19 heavy (non-hydrogen) atoms. The maximum atomic E-state index is 10.2. The third-order valence-electron chi connectivity index (χ3n) is 3.16. The van der Waals surface area contributed by atoms with Crippen molar-refractivity contribution in [3.63, 3.8) is 0 Å². The second kappa shape index (κ2) is 5.45. The van der Waals surface area contributed by atoms with Gasteiger partial charge in [-0.15, -0.1) is 0 Å². The van der Waals surface area contributed by atoms with Crippen molar-refractivity contribution in [1.82, 2.24) is 0 Å². The maximum Gasteiger partial charge on any atom is 0.111 e. The fourth-order valence-corrected chi connectivity index (χ4v) is 3.17. The molecule has 104 valence electrons. The van der Waals surface area contributed by atoms with Gasteiger partial charge in [0.05, 0.1) is 11.2 Å². The van der Waals surface area contributed by atoms with Crippen molar-refractivity contribution in [2.45, 2.75) is 24.0 Å². The van der Waals surface area contributed by atoms with Crippen molar-refractivity contribution in [2.24, 2.45) is 0 Å². The molecule has 0 aromatic carbocycles. The van der Waals surface area contributed by atoms with E-state index >= 15 is 0 Å². The molecule has 2 atom stereocenters. The summed E-state index contributed by atoms with van der Waals surface area (Å²) in [6.07, 6.45) is 10.0. The Hall–Kier alpha value is -1.17. The van der Waals surface area contributed by atoms with Crippen LogP contribution in [0.1, 0.15) is 12.8 Å². The largest absolute Gasteiger partial charge is 0.508 e. The number of rotatable bonds is 4. The highest BCUT2D eigenvalue weighted by molar-refractivity contribution is 7.99. The molecule has 2 unspecified atom stereocenters. The van der Waals surface area contributed by atoms with Crippen LogP contribution in [0, 0.1) is 0 Å². The third kappa shape index (κ3) is 3.89. The highest BCUT2D eigenvalue weighted by Gasteiger charge is 2.29. The molecule has 0 aromatic rings. The van der Waals surface area contributed by atoms with E-state index in [0.717, 1.165) is 0 Å². The van der Waals surface area contributed by atoms with E-state index in [1.807, 2.05) is 0 Å². The minimum absolute atomic E-state index is 0.170. The Morgan fingerprint density at radius 2 is 1.32 bits per heavy atom. The summed E-state index contributed by atoms with van der Waals surface area (Å²) in [6.45, 7) is 0. The predicted molar refractivity (Wildman–Crippen MR) is 76.2 cm³/mol. The Labute approximate surface area is 116 Å². The minimum atomic E-state index is -0.969. The van der Waals surface area contributed by atoms with E-state index in [1.165, 1.54) is 23.9 Å². The zero-order valence-corrected chi connectivity index (χ0v) is 11.3. The zero-order chi connectivity index (χ0) is 13.9. The molecule has 5 heteroatoms. The van der Waals surface area contributed by atoms with Crippen LogP contribution >= 0.6 is 11.8 Å². The summed E-state index contributed by atoms with van der Waals surface area (Å²) >= 11 is 1.44. The van der Waals surface area contributed by atoms with E-state index in [-0.39, 0.29) is 11.5 Å². The van der Waals surface area contributed by atoms with Gasteiger partial charge in [0.1, 0.15) is 11.5 Å². The van der Waals surface area contributed by atoms with Gasteiger partial charge in [-0.1, -0.05) is 0 Å². The molecule has 2 aliphatic carbocycles. The lowest BCUT2D eigenvalue weighted by atomic mass is 9.97. The van der Waals surface area contributed by atoms with Crippen molar-refractivity contribution < 1.29 is 20.4 Å². The third-order valence-corrected chi connectivity index (χ3v) is 4.57. The lowest BCUT2D eigenvalue weighted by Gasteiger charge is -2.29. The molecule has 0 aromatic heterocycles. The monoisotopic (exact) mass is 282 g/mol. The molecule has 4 N–H and O–H groups in total. The molecule has 0 aliphatic heterocycles. The van der Waals surface area contributed by atoms with E-state index in [1.54, 1.807) is 24.3 Å². The summed E-state index contributed by atoms with van der Waals surface area (Å²) < 4.78 is 0. The molecule has 4 nitrogen and oxygen atoms in total. The van der Waals surface area contributed by atoms with Crippen molar-refractivity contribution in [3.05, 3.63) is 48.0 Å². The Bertz CT molecular complexity index is 424. The van der Waals surface area contributed by atoms with Crippen LogP contribution in [-0.2, 0) is 0 Å². The van der Waals surface area contributed by atoms with Crippen molar-refractivity contribution in [1.29, 1.82) is 0 Å². The molecule has 2 aliphatic rings. The fourth-order valence-electron chi connectivity index (χ4n) is 1.93. The molecule has 2 rings (SSSR count). The molecular formula is C14H18O4S. The molecule has 0 amide bonds. The van der Waals surface area contributed by atoms with Gasteiger partial charge >= 0.3 is 0 Å². The first-order valence-electron chi connectivity index (χ1n) is 6.10. The van der Waals surface area contributed by atoms with Crippen LogP contribution < -0.4 is 0 Å². The smallest absolute Gasteiger partial charge is 0.111 e. The van der Waals surface area contributed by atoms with E-state index < -0.39 is 11.2 Å². The number of hydrogen-bond donors (Lipinski definition) is 4. The molecular weight excluding hydrogens is 264 g/mol. The number of thioether (sulfide) groups is 1. The van der Waals surface area contributed by atoms with E-state index in [0.29, 0.717) is 24.3 Å². The van der Waals surface area contributed by atoms with Gasteiger partial charge < -0.3 is 20.4 Å². The second-order valence-electron chi connectivity index (χ2n) is 5.03. The van der Waals surface area contributed by atoms with Gasteiger partial charge in [-0.2, -0.15) is 11.8 Å². The summed E-state index contributed by atoms with van der Waals surface area (Å²) in [5.41, 5.74) is -1.94. The number of hydrogen-bond acceptors (Lipinski definition) is 5. The summed E-state index contributed by atoms with van der Waals surface area (Å²) in [5, 5.41) is 38.9. The highest BCUT2D eigenvalue weighted by Crippen LogP contribution is 2.29. The van der Waals surface area contributed by atoms with Gasteiger partial charge in [0.15, 0.2) is 0 Å². The first kappa shape index (κ1) is 14.2. The normalized spacial score (nSPS) is 34.0. The van der Waals surface area contributed by atoms with Gasteiger partial charge in [-0.05, 0) is 36.5 Å². The van der Waals surface area contributed by atoms with Crippen LogP contribution in [0.25, 0.3) is 0 Å². The Morgan fingerprint density at radius 3 is 1.63 bits per heavy atom. The highest BCUT2D eigenvalue weighted by atomic mass is 32.2. The number of aliphatic hydroxyl groups is 4. The van der Waals surface area contributed by atoms with Crippen LogP contribution in [0.3, 0.4) is 0 Å². The molecule has 0 fully saturated rings. The predicted octanol–water partition coefficient (Wildman–Crippen LogP) is 1.99. The Morgan fingerprint density at radius 1 is 0.895 bits per heavy atom. The SMILES string of the molecule is OC1=CCC(O)(CSCC2(O)C=CC(O)=CC2)C=C1.